The van der Waals surface area contributed by atoms with Crippen LogP contribution in [0.5, 0.6) is 5.75 Å². The molecule has 4 aromatic rings. The van der Waals surface area contributed by atoms with Gasteiger partial charge >= 0.3 is 5.97 Å². The predicted molar refractivity (Wildman–Crippen MR) is 97.7 cm³/mol. The summed E-state index contributed by atoms with van der Waals surface area (Å²) >= 11 is 2.70. The number of ether oxygens (including phenoxy) is 1. The van der Waals surface area contributed by atoms with Gasteiger partial charge in [0.15, 0.2) is 26.5 Å². The van der Waals surface area contributed by atoms with E-state index < -0.39 is 5.97 Å². The summed E-state index contributed by atoms with van der Waals surface area (Å²) in [7, 11) is 1.61. The van der Waals surface area contributed by atoms with E-state index in [1.807, 2.05) is 18.2 Å². The van der Waals surface area contributed by atoms with Gasteiger partial charge in [-0.1, -0.05) is 6.07 Å². The Kier molecular flexibility index (Phi) is 4.09. The molecule has 0 unspecified atom stereocenters. The number of nitrogens with two attached hydrogens (primary N) is 1. The van der Waals surface area contributed by atoms with Crippen LogP contribution in [-0.4, -0.2) is 42.7 Å². The minimum atomic E-state index is -1.01. The number of carboxylic acid groups (broad SMARTS) is 1. The van der Waals surface area contributed by atoms with Crippen molar-refractivity contribution in [3.05, 3.63) is 24.5 Å². The SMILES string of the molecule is COc1cccc2nc(Sc3nc4c(N)ncnc4n3CC(=O)O)sc12. The van der Waals surface area contributed by atoms with Gasteiger partial charge in [-0.25, -0.2) is 19.9 Å². The van der Waals surface area contributed by atoms with Gasteiger partial charge in [-0.15, -0.1) is 11.3 Å². The van der Waals surface area contributed by atoms with Crippen LogP contribution >= 0.6 is 23.1 Å². The molecule has 0 radical (unpaired) electrons. The maximum atomic E-state index is 11.3. The Bertz CT molecular complexity index is 1140. The molecule has 9 nitrogen and oxygen atoms in total. The van der Waals surface area contributed by atoms with Gasteiger partial charge in [0.1, 0.15) is 18.6 Å². The molecule has 0 aliphatic heterocycles. The number of aromatic nitrogens is 5. The maximum absolute atomic E-state index is 11.3. The number of nitrogens with zero attached hydrogens (tertiary/aromatic N) is 5. The van der Waals surface area contributed by atoms with E-state index in [1.54, 1.807) is 7.11 Å². The average molecular weight is 388 g/mol. The van der Waals surface area contributed by atoms with Crippen molar-refractivity contribution in [1.82, 2.24) is 24.5 Å². The van der Waals surface area contributed by atoms with Gasteiger partial charge in [0.25, 0.3) is 0 Å². The average Bonchev–Trinajstić information content (AvgIpc) is 3.17. The monoisotopic (exact) mass is 388 g/mol. The number of imidazole rings is 1. The van der Waals surface area contributed by atoms with Gasteiger partial charge in [0.2, 0.25) is 0 Å². The first-order chi connectivity index (χ1) is 12.6. The van der Waals surface area contributed by atoms with E-state index in [1.165, 1.54) is 34.0 Å². The van der Waals surface area contributed by atoms with E-state index in [9.17, 15) is 9.90 Å². The Morgan fingerprint density at radius 1 is 1.38 bits per heavy atom. The lowest BCUT2D eigenvalue weighted by atomic mass is 10.3. The molecule has 0 amide bonds. The molecular weight excluding hydrogens is 376 g/mol. The first-order valence-electron chi connectivity index (χ1n) is 7.36. The predicted octanol–water partition coefficient (Wildman–Crippen LogP) is 2.26. The summed E-state index contributed by atoms with van der Waals surface area (Å²) in [6.07, 6.45) is 1.29. The highest BCUT2D eigenvalue weighted by atomic mass is 32.2. The summed E-state index contributed by atoms with van der Waals surface area (Å²) < 4.78 is 8.47. The molecule has 1 aromatic carbocycles. The normalized spacial score (nSPS) is 11.3. The number of nitrogen functional groups attached to an aromatic ring is 1. The van der Waals surface area contributed by atoms with Gasteiger partial charge in [0.05, 0.1) is 17.3 Å². The fourth-order valence-electron chi connectivity index (χ4n) is 2.48. The van der Waals surface area contributed by atoms with Crippen molar-refractivity contribution >= 4 is 56.3 Å². The summed E-state index contributed by atoms with van der Waals surface area (Å²) in [6.45, 7) is -0.288. The van der Waals surface area contributed by atoms with Crippen LogP contribution in [0.4, 0.5) is 5.82 Å². The number of hydrogen-bond acceptors (Lipinski definition) is 9. The molecule has 0 aliphatic carbocycles. The minimum absolute atomic E-state index is 0.201. The molecule has 26 heavy (non-hydrogen) atoms. The molecule has 4 rings (SSSR count). The van der Waals surface area contributed by atoms with E-state index in [4.69, 9.17) is 10.5 Å². The van der Waals surface area contributed by atoms with Crippen molar-refractivity contribution in [3.63, 3.8) is 0 Å². The number of aliphatic carboxylic acids is 1. The number of carbonyl (C=O) groups is 1. The number of anilines is 1. The zero-order chi connectivity index (χ0) is 18.3. The first-order valence-corrected chi connectivity index (χ1v) is 9.00. The second kappa shape index (κ2) is 6.42. The fourth-order valence-corrected chi connectivity index (χ4v) is 4.60. The van der Waals surface area contributed by atoms with E-state index in [-0.39, 0.29) is 12.4 Å². The second-order valence-electron chi connectivity index (χ2n) is 5.20. The highest BCUT2D eigenvalue weighted by Gasteiger charge is 2.19. The number of rotatable bonds is 5. The number of methoxy groups -OCH3 is 1. The van der Waals surface area contributed by atoms with Gasteiger partial charge in [0, 0.05) is 0 Å². The molecule has 132 valence electrons. The number of hydrogen-bond donors (Lipinski definition) is 2. The number of fused-ring (bicyclic) bond motifs is 2. The van der Waals surface area contributed by atoms with Crippen molar-refractivity contribution in [2.45, 2.75) is 16.0 Å². The smallest absolute Gasteiger partial charge is 0.323 e. The lowest BCUT2D eigenvalue weighted by molar-refractivity contribution is -0.137. The molecule has 3 heterocycles. The molecular formula is C15H12N6O3S2. The molecule has 0 aliphatic rings. The highest BCUT2D eigenvalue weighted by Crippen LogP contribution is 2.38. The zero-order valence-electron chi connectivity index (χ0n) is 13.4. The molecule has 0 spiro atoms. The summed E-state index contributed by atoms with van der Waals surface area (Å²) in [4.78, 5) is 28.3. The van der Waals surface area contributed by atoms with Crippen LogP contribution in [0.25, 0.3) is 21.4 Å². The fraction of sp³-hybridized carbons (Fsp3) is 0.133. The van der Waals surface area contributed by atoms with Crippen molar-refractivity contribution < 1.29 is 14.6 Å². The third-order valence-electron chi connectivity index (χ3n) is 3.58. The zero-order valence-corrected chi connectivity index (χ0v) is 15.0. The van der Waals surface area contributed by atoms with E-state index in [0.29, 0.717) is 20.7 Å². The quantitative estimate of drug-likeness (QED) is 0.529. The molecule has 0 fully saturated rings. The van der Waals surface area contributed by atoms with Gasteiger partial charge in [-0.05, 0) is 23.9 Å². The van der Waals surface area contributed by atoms with Crippen LogP contribution in [0.3, 0.4) is 0 Å². The van der Waals surface area contributed by atoms with Crippen molar-refractivity contribution in [1.29, 1.82) is 0 Å². The Morgan fingerprint density at radius 3 is 3.00 bits per heavy atom. The number of thiazole rings is 1. The van der Waals surface area contributed by atoms with Crippen molar-refractivity contribution in [3.8, 4) is 5.75 Å². The second-order valence-corrected chi connectivity index (χ2v) is 7.41. The van der Waals surface area contributed by atoms with Crippen LogP contribution in [0.1, 0.15) is 0 Å². The minimum Gasteiger partial charge on any atom is -0.495 e. The largest absolute Gasteiger partial charge is 0.495 e. The van der Waals surface area contributed by atoms with Crippen molar-refractivity contribution in [2.24, 2.45) is 0 Å². The third kappa shape index (κ3) is 2.80. The lowest BCUT2D eigenvalue weighted by Gasteiger charge is -2.03. The Labute approximate surface area is 154 Å². The van der Waals surface area contributed by atoms with Gasteiger partial charge < -0.3 is 15.6 Å². The molecule has 0 bridgehead atoms. The number of benzene rings is 1. The summed E-state index contributed by atoms with van der Waals surface area (Å²) in [6, 6.07) is 5.62. The highest BCUT2D eigenvalue weighted by molar-refractivity contribution is 8.01. The standard InChI is InChI=1S/C15H12N6O3S2/c1-24-8-4-2-3-7-11(8)25-15(19-7)26-14-20-10-12(16)17-6-18-13(10)21(14)5-9(22)23/h2-4,6H,5H2,1H3,(H,22,23)(H2,16,17,18). The van der Waals surface area contributed by atoms with Crippen LogP contribution in [0.2, 0.25) is 0 Å². The molecule has 11 heteroatoms. The topological polar surface area (TPSA) is 129 Å². The Morgan fingerprint density at radius 2 is 2.23 bits per heavy atom. The van der Waals surface area contributed by atoms with Crippen LogP contribution < -0.4 is 10.5 Å². The van der Waals surface area contributed by atoms with Crippen LogP contribution in [0.15, 0.2) is 34.0 Å². The molecule has 0 saturated heterocycles. The summed E-state index contributed by atoms with van der Waals surface area (Å²) in [5.41, 5.74) is 7.40. The third-order valence-corrected chi connectivity index (χ3v) is 5.72. The van der Waals surface area contributed by atoms with Crippen LogP contribution in [-0.2, 0) is 11.3 Å². The molecule has 3 N–H and O–H groups in total. The van der Waals surface area contributed by atoms with E-state index in [2.05, 4.69) is 19.9 Å². The van der Waals surface area contributed by atoms with Gasteiger partial charge in [-0.3, -0.25) is 9.36 Å². The Balaban J connectivity index is 1.82. The van der Waals surface area contributed by atoms with Crippen molar-refractivity contribution in [2.75, 3.05) is 12.8 Å². The maximum Gasteiger partial charge on any atom is 0.323 e. The first kappa shape index (κ1) is 16.5. The molecule has 0 atom stereocenters. The lowest BCUT2D eigenvalue weighted by Crippen LogP contribution is -2.10. The van der Waals surface area contributed by atoms with Gasteiger partial charge in [-0.2, -0.15) is 0 Å². The molecule has 3 aromatic heterocycles. The number of carboxylic acids is 1. The summed E-state index contributed by atoms with van der Waals surface area (Å²) in [5.74, 6) is -0.0674. The Hall–Kier alpha value is -2.92. The van der Waals surface area contributed by atoms with E-state index in [0.717, 1.165) is 16.0 Å². The van der Waals surface area contributed by atoms with Crippen LogP contribution in [0, 0.1) is 0 Å². The van der Waals surface area contributed by atoms with E-state index >= 15 is 0 Å². The molecule has 0 saturated carbocycles. The summed E-state index contributed by atoms with van der Waals surface area (Å²) in [5, 5.41) is 9.66.